The Morgan fingerprint density at radius 3 is 2.41 bits per heavy atom. The van der Waals surface area contributed by atoms with Crippen molar-refractivity contribution in [3.8, 4) is 0 Å². The van der Waals surface area contributed by atoms with E-state index in [0.29, 0.717) is 5.15 Å². The first-order valence-corrected chi connectivity index (χ1v) is 7.87. The molecule has 1 aromatic heterocycles. The Balaban J connectivity index is 1.47. The molecule has 0 amide bonds. The van der Waals surface area contributed by atoms with Crippen LogP contribution in [0.3, 0.4) is 0 Å². The van der Waals surface area contributed by atoms with Crippen molar-refractivity contribution < 1.29 is 0 Å². The second-order valence-corrected chi connectivity index (χ2v) is 5.70. The maximum Gasteiger partial charge on any atom is 0.151 e. The third-order valence-electron chi connectivity index (χ3n) is 3.79. The van der Waals surface area contributed by atoms with Gasteiger partial charge in [-0.2, -0.15) is 0 Å². The van der Waals surface area contributed by atoms with Crippen LogP contribution in [0.15, 0.2) is 48.5 Å². The van der Waals surface area contributed by atoms with E-state index in [0.717, 1.165) is 38.5 Å². The summed E-state index contributed by atoms with van der Waals surface area (Å²) in [5.41, 5.74) is 1.25. The van der Waals surface area contributed by atoms with Gasteiger partial charge in [-0.15, -0.1) is 10.2 Å². The smallest absolute Gasteiger partial charge is 0.151 e. The highest BCUT2D eigenvalue weighted by Gasteiger charge is 2.17. The molecule has 1 fully saturated rings. The minimum atomic E-state index is 0.438. The van der Waals surface area contributed by atoms with Crippen LogP contribution >= 0.6 is 11.6 Å². The van der Waals surface area contributed by atoms with Crippen molar-refractivity contribution >= 4 is 23.5 Å². The van der Waals surface area contributed by atoms with E-state index in [2.05, 4.69) is 56.4 Å². The van der Waals surface area contributed by atoms with Crippen molar-refractivity contribution in [3.63, 3.8) is 0 Å². The lowest BCUT2D eigenvalue weighted by Gasteiger charge is -2.34. The average Bonchev–Trinajstić information content (AvgIpc) is 2.57. The van der Waals surface area contributed by atoms with Gasteiger partial charge in [0.2, 0.25) is 0 Å². The molecule has 1 saturated heterocycles. The Morgan fingerprint density at radius 1 is 0.955 bits per heavy atom. The highest BCUT2D eigenvalue weighted by Crippen LogP contribution is 2.14. The van der Waals surface area contributed by atoms with Crippen molar-refractivity contribution in [2.75, 3.05) is 37.6 Å². The van der Waals surface area contributed by atoms with E-state index < -0.39 is 0 Å². The molecule has 0 bridgehead atoms. The quantitative estimate of drug-likeness (QED) is 0.868. The lowest BCUT2D eigenvalue weighted by atomic mass is 10.2. The maximum atomic E-state index is 5.77. The topological polar surface area (TPSA) is 32.3 Å². The van der Waals surface area contributed by atoms with Gasteiger partial charge in [0.05, 0.1) is 0 Å². The summed E-state index contributed by atoms with van der Waals surface area (Å²) in [4.78, 5) is 4.69. The number of rotatable bonds is 4. The number of benzene rings is 1. The number of anilines is 1. The SMILES string of the molecule is Clc1ccc(N2CCN(C/C=C/c3ccccc3)CC2)nn1. The molecule has 0 radical (unpaired) electrons. The molecule has 1 aliphatic heterocycles. The van der Waals surface area contributed by atoms with Gasteiger partial charge in [0, 0.05) is 32.7 Å². The van der Waals surface area contributed by atoms with Gasteiger partial charge in [-0.05, 0) is 17.7 Å². The number of halogens is 1. The van der Waals surface area contributed by atoms with Crippen LogP contribution in [0.1, 0.15) is 5.56 Å². The molecule has 22 heavy (non-hydrogen) atoms. The van der Waals surface area contributed by atoms with Gasteiger partial charge in [0.15, 0.2) is 11.0 Å². The second kappa shape index (κ2) is 7.38. The summed E-state index contributed by atoms with van der Waals surface area (Å²) in [6, 6.07) is 14.1. The molecular formula is C17H19ClN4. The molecule has 0 N–H and O–H groups in total. The zero-order valence-corrected chi connectivity index (χ0v) is 13.2. The first kappa shape index (κ1) is 15.0. The molecular weight excluding hydrogens is 296 g/mol. The van der Waals surface area contributed by atoms with Crippen LogP contribution in [0.2, 0.25) is 5.15 Å². The zero-order chi connectivity index (χ0) is 15.2. The van der Waals surface area contributed by atoms with Gasteiger partial charge in [-0.25, -0.2) is 0 Å². The predicted octanol–water partition coefficient (Wildman–Crippen LogP) is 2.97. The summed E-state index contributed by atoms with van der Waals surface area (Å²) in [5.74, 6) is 0.906. The minimum Gasteiger partial charge on any atom is -0.353 e. The van der Waals surface area contributed by atoms with Gasteiger partial charge in [0.25, 0.3) is 0 Å². The maximum absolute atomic E-state index is 5.77. The van der Waals surface area contributed by atoms with Gasteiger partial charge in [0.1, 0.15) is 0 Å². The van der Waals surface area contributed by atoms with Crippen molar-refractivity contribution in [3.05, 3.63) is 59.3 Å². The average molecular weight is 315 g/mol. The van der Waals surface area contributed by atoms with Crippen LogP contribution in [-0.4, -0.2) is 47.8 Å². The first-order valence-electron chi connectivity index (χ1n) is 7.49. The number of nitrogens with zero attached hydrogens (tertiary/aromatic N) is 4. The van der Waals surface area contributed by atoms with E-state index in [9.17, 15) is 0 Å². The van der Waals surface area contributed by atoms with E-state index in [4.69, 9.17) is 11.6 Å². The van der Waals surface area contributed by atoms with Crippen LogP contribution in [0.5, 0.6) is 0 Å². The lowest BCUT2D eigenvalue weighted by Crippen LogP contribution is -2.46. The fourth-order valence-electron chi connectivity index (χ4n) is 2.54. The number of hydrogen-bond acceptors (Lipinski definition) is 4. The van der Waals surface area contributed by atoms with E-state index >= 15 is 0 Å². The van der Waals surface area contributed by atoms with Crippen LogP contribution in [0, 0.1) is 0 Å². The Kier molecular flexibility index (Phi) is 5.03. The summed E-state index contributed by atoms with van der Waals surface area (Å²) in [6.07, 6.45) is 4.41. The van der Waals surface area contributed by atoms with E-state index in [1.807, 2.05) is 12.1 Å². The third kappa shape index (κ3) is 4.06. The highest BCUT2D eigenvalue weighted by molar-refractivity contribution is 6.29. The largest absolute Gasteiger partial charge is 0.353 e. The van der Waals surface area contributed by atoms with Crippen molar-refractivity contribution in [2.24, 2.45) is 0 Å². The lowest BCUT2D eigenvalue weighted by molar-refractivity contribution is 0.283. The van der Waals surface area contributed by atoms with Crippen molar-refractivity contribution in [1.82, 2.24) is 15.1 Å². The molecule has 5 heteroatoms. The molecule has 2 heterocycles. The van der Waals surface area contributed by atoms with Crippen LogP contribution < -0.4 is 4.90 Å². The molecule has 4 nitrogen and oxygen atoms in total. The van der Waals surface area contributed by atoms with Gasteiger partial charge < -0.3 is 4.90 Å². The number of hydrogen-bond donors (Lipinski definition) is 0. The molecule has 1 aromatic carbocycles. The fourth-order valence-corrected chi connectivity index (χ4v) is 2.64. The molecule has 2 aromatic rings. The van der Waals surface area contributed by atoms with Crippen molar-refractivity contribution in [1.29, 1.82) is 0 Å². The molecule has 3 rings (SSSR count). The predicted molar refractivity (Wildman–Crippen MR) is 91.2 cm³/mol. The van der Waals surface area contributed by atoms with Gasteiger partial charge >= 0.3 is 0 Å². The Labute approximate surface area is 136 Å². The molecule has 0 spiro atoms. The minimum absolute atomic E-state index is 0.438. The molecule has 1 aliphatic rings. The van der Waals surface area contributed by atoms with Gasteiger partial charge in [-0.3, -0.25) is 4.90 Å². The highest BCUT2D eigenvalue weighted by atomic mass is 35.5. The number of piperazine rings is 1. The standard InChI is InChI=1S/C17H19ClN4/c18-16-8-9-17(20-19-16)22-13-11-21(12-14-22)10-4-7-15-5-2-1-3-6-15/h1-9H,10-14H2/b7-4+. The number of aromatic nitrogens is 2. The summed E-state index contributed by atoms with van der Waals surface area (Å²) >= 11 is 5.77. The molecule has 0 unspecified atom stereocenters. The molecule has 114 valence electrons. The fraction of sp³-hybridized carbons (Fsp3) is 0.294. The second-order valence-electron chi connectivity index (χ2n) is 5.31. The summed E-state index contributed by atoms with van der Waals surface area (Å²) in [7, 11) is 0. The molecule has 0 atom stereocenters. The van der Waals surface area contributed by atoms with E-state index in [1.54, 1.807) is 6.07 Å². The Bertz CT molecular complexity index is 604. The van der Waals surface area contributed by atoms with Crippen LogP contribution in [-0.2, 0) is 0 Å². The van der Waals surface area contributed by atoms with Crippen LogP contribution in [0.25, 0.3) is 6.08 Å². The molecule has 0 aliphatic carbocycles. The normalized spacial score (nSPS) is 16.3. The summed E-state index contributed by atoms with van der Waals surface area (Å²) in [6.45, 7) is 4.98. The zero-order valence-electron chi connectivity index (χ0n) is 12.4. The van der Waals surface area contributed by atoms with Crippen LogP contribution in [0.4, 0.5) is 5.82 Å². The van der Waals surface area contributed by atoms with E-state index in [-0.39, 0.29) is 0 Å². The monoisotopic (exact) mass is 314 g/mol. The summed E-state index contributed by atoms with van der Waals surface area (Å²) in [5, 5.41) is 8.48. The molecule has 0 saturated carbocycles. The third-order valence-corrected chi connectivity index (χ3v) is 3.99. The Hall–Kier alpha value is -1.91. The Morgan fingerprint density at radius 2 is 1.73 bits per heavy atom. The van der Waals surface area contributed by atoms with Gasteiger partial charge in [-0.1, -0.05) is 54.1 Å². The first-order chi connectivity index (χ1) is 10.8. The summed E-state index contributed by atoms with van der Waals surface area (Å²) < 4.78 is 0. The van der Waals surface area contributed by atoms with Crippen molar-refractivity contribution in [2.45, 2.75) is 0 Å². The van der Waals surface area contributed by atoms with E-state index in [1.165, 1.54) is 5.56 Å².